The first kappa shape index (κ1) is 39.3. The van der Waals surface area contributed by atoms with E-state index in [1.54, 1.807) is 47.0 Å². The van der Waals surface area contributed by atoms with Crippen molar-refractivity contribution in [3.63, 3.8) is 0 Å². The van der Waals surface area contributed by atoms with Crippen molar-refractivity contribution in [2.24, 2.45) is 0 Å². The summed E-state index contributed by atoms with van der Waals surface area (Å²) in [7, 11) is 0. The Balaban J connectivity index is -0.0000000357. The summed E-state index contributed by atoms with van der Waals surface area (Å²) in [5.74, 6) is 5.04. The topological polar surface area (TPSA) is 0 Å². The lowest BCUT2D eigenvalue weighted by molar-refractivity contribution is 1.46. The lowest BCUT2D eigenvalue weighted by atomic mass is 11.0. The van der Waals surface area contributed by atoms with Gasteiger partial charge in [0.15, 0.2) is 0 Å². The highest BCUT2D eigenvalue weighted by Gasteiger charge is 1.67. The van der Waals surface area contributed by atoms with Crippen LogP contribution >= 0.6 is 70.6 Å². The molecule has 0 aromatic carbocycles. The zero-order valence-electron chi connectivity index (χ0n) is 17.3. The Bertz CT molecular complexity index is 67.0. The fourth-order valence-corrected chi connectivity index (χ4v) is 1.22. The Morgan fingerprint density at radius 1 is 0.364 bits per heavy atom. The SMILES string of the molecule is CCSCC.CCSCC.CSC.CSC.CSC.CSC. The smallest absolute Gasteiger partial charge is 0.00961 e. The third kappa shape index (κ3) is 264. The van der Waals surface area contributed by atoms with E-state index in [2.05, 4.69) is 27.7 Å². The Hall–Kier alpha value is 2.10. The molecule has 0 unspecified atom stereocenters. The zero-order chi connectivity index (χ0) is 19.1. The van der Waals surface area contributed by atoms with E-state index < -0.39 is 0 Å². The average molecular weight is 429 g/mol. The fraction of sp³-hybridized carbons (Fsp3) is 1.00. The summed E-state index contributed by atoms with van der Waals surface area (Å²) >= 11 is 10.9. The Morgan fingerprint density at radius 3 is 0.455 bits per heavy atom. The van der Waals surface area contributed by atoms with Crippen LogP contribution in [0.1, 0.15) is 27.7 Å². The van der Waals surface area contributed by atoms with Crippen LogP contribution in [0.2, 0.25) is 0 Å². The van der Waals surface area contributed by atoms with Crippen LogP contribution < -0.4 is 0 Å². The molecule has 144 valence electrons. The second-order valence-electron chi connectivity index (χ2n) is 3.20. The van der Waals surface area contributed by atoms with Crippen LogP contribution in [0, 0.1) is 0 Å². The molecule has 0 heterocycles. The van der Waals surface area contributed by atoms with Crippen LogP contribution in [-0.4, -0.2) is 73.1 Å². The molecular weight excluding hydrogens is 385 g/mol. The molecule has 0 bridgehead atoms. The monoisotopic (exact) mass is 428 g/mol. The first-order valence-corrected chi connectivity index (χ1v) is 16.1. The highest BCUT2D eigenvalue weighted by Crippen LogP contribution is 1.93. The molecule has 0 N–H and O–H groups in total. The molecule has 0 atom stereocenters. The molecule has 0 fully saturated rings. The summed E-state index contributed by atoms with van der Waals surface area (Å²) in [5.41, 5.74) is 0. The highest BCUT2D eigenvalue weighted by molar-refractivity contribution is 7.99. The average Bonchev–Trinajstić information content (AvgIpc) is 2.45. The van der Waals surface area contributed by atoms with Gasteiger partial charge in [0.1, 0.15) is 0 Å². The minimum absolute atomic E-state index is 1.26. The van der Waals surface area contributed by atoms with Gasteiger partial charge in [-0.15, -0.1) is 0 Å². The molecule has 0 aliphatic carbocycles. The van der Waals surface area contributed by atoms with Gasteiger partial charge in [-0.1, -0.05) is 27.7 Å². The molecule has 0 aliphatic heterocycles. The summed E-state index contributed by atoms with van der Waals surface area (Å²) < 4.78 is 0. The highest BCUT2D eigenvalue weighted by atomic mass is 32.2. The van der Waals surface area contributed by atoms with Crippen molar-refractivity contribution >= 4 is 70.6 Å². The molecule has 0 aliphatic rings. The number of rotatable bonds is 4. The zero-order valence-corrected chi connectivity index (χ0v) is 22.2. The second kappa shape index (κ2) is 77.1. The van der Waals surface area contributed by atoms with Crippen molar-refractivity contribution in [1.29, 1.82) is 0 Å². The third-order valence-electron chi connectivity index (χ3n) is 0.816. The van der Waals surface area contributed by atoms with E-state index in [1.165, 1.54) is 23.0 Å². The quantitative estimate of drug-likeness (QED) is 0.453. The van der Waals surface area contributed by atoms with Crippen LogP contribution in [0.25, 0.3) is 0 Å². The summed E-state index contributed by atoms with van der Waals surface area (Å²) in [5, 5.41) is 0. The number of hydrogen-bond donors (Lipinski definition) is 0. The van der Waals surface area contributed by atoms with Gasteiger partial charge in [0.2, 0.25) is 0 Å². The van der Waals surface area contributed by atoms with Gasteiger partial charge >= 0.3 is 0 Å². The molecule has 0 aromatic heterocycles. The van der Waals surface area contributed by atoms with E-state index >= 15 is 0 Å². The summed E-state index contributed by atoms with van der Waals surface area (Å²) in [6.07, 6.45) is 16.3. The van der Waals surface area contributed by atoms with Gasteiger partial charge in [-0.25, -0.2) is 0 Å². The van der Waals surface area contributed by atoms with Crippen LogP contribution in [0.15, 0.2) is 0 Å². The van der Waals surface area contributed by atoms with E-state index in [9.17, 15) is 0 Å². The maximum atomic E-state index is 2.17. The molecule has 22 heavy (non-hydrogen) atoms. The molecule has 0 saturated carbocycles. The van der Waals surface area contributed by atoms with E-state index in [-0.39, 0.29) is 0 Å². The van der Waals surface area contributed by atoms with Crippen molar-refractivity contribution in [1.82, 2.24) is 0 Å². The molecule has 0 saturated heterocycles. The summed E-state index contributed by atoms with van der Waals surface area (Å²) in [6.45, 7) is 8.70. The molecule has 0 amide bonds. The van der Waals surface area contributed by atoms with Crippen molar-refractivity contribution in [2.75, 3.05) is 73.1 Å². The molecule has 0 rings (SSSR count). The Kier molecular flexibility index (Phi) is 137. The number of hydrogen-bond acceptors (Lipinski definition) is 6. The van der Waals surface area contributed by atoms with Crippen molar-refractivity contribution < 1.29 is 0 Å². The Labute approximate surface area is 170 Å². The summed E-state index contributed by atoms with van der Waals surface area (Å²) in [4.78, 5) is 0. The predicted molar refractivity (Wildman–Crippen MR) is 135 cm³/mol. The minimum Gasteiger partial charge on any atom is -0.169 e. The van der Waals surface area contributed by atoms with Gasteiger partial charge in [-0.2, -0.15) is 70.6 Å². The van der Waals surface area contributed by atoms with Gasteiger partial charge in [-0.05, 0) is 73.1 Å². The first-order valence-electron chi connectivity index (χ1n) is 7.25. The van der Waals surface area contributed by atoms with E-state index in [0.717, 1.165) is 0 Å². The van der Waals surface area contributed by atoms with E-state index in [0.29, 0.717) is 0 Å². The minimum atomic E-state index is 1.26. The van der Waals surface area contributed by atoms with Gasteiger partial charge < -0.3 is 0 Å². The normalized spacial score (nSPS) is 7.09. The van der Waals surface area contributed by atoms with Gasteiger partial charge in [0.05, 0.1) is 0 Å². The lowest BCUT2D eigenvalue weighted by Gasteiger charge is -1.80. The van der Waals surface area contributed by atoms with Crippen molar-refractivity contribution in [2.45, 2.75) is 27.7 Å². The largest absolute Gasteiger partial charge is 0.169 e. The maximum absolute atomic E-state index is 2.17. The maximum Gasteiger partial charge on any atom is -0.00961 e. The van der Waals surface area contributed by atoms with Crippen LogP contribution in [0.3, 0.4) is 0 Å². The fourth-order valence-electron chi connectivity index (χ4n) is 0.408. The first-order chi connectivity index (χ1) is 10.5. The van der Waals surface area contributed by atoms with Crippen LogP contribution in [0.5, 0.6) is 0 Å². The van der Waals surface area contributed by atoms with Crippen molar-refractivity contribution in [3.8, 4) is 0 Å². The van der Waals surface area contributed by atoms with Crippen LogP contribution in [-0.2, 0) is 0 Å². The van der Waals surface area contributed by atoms with Gasteiger partial charge in [-0.3, -0.25) is 0 Å². The van der Waals surface area contributed by atoms with E-state index in [4.69, 9.17) is 0 Å². The lowest BCUT2D eigenvalue weighted by Crippen LogP contribution is -1.64. The summed E-state index contributed by atoms with van der Waals surface area (Å²) in [6, 6.07) is 0. The molecule has 0 spiro atoms. The third-order valence-corrected chi connectivity index (χ3v) is 2.45. The predicted octanol–water partition coefficient (Wildman–Crippen LogP) is 7.44. The number of thioether (sulfide) groups is 6. The molecular formula is C16H44S6. The second-order valence-corrected chi connectivity index (χ2v) is 9.59. The van der Waals surface area contributed by atoms with Gasteiger partial charge in [0.25, 0.3) is 0 Å². The molecule has 0 radical (unpaired) electrons. The molecule has 0 aromatic rings. The molecule has 6 heteroatoms. The molecule has 0 nitrogen and oxygen atoms in total. The Morgan fingerprint density at radius 2 is 0.455 bits per heavy atom. The standard InChI is InChI=1S/2C4H10S.4C2H6S/c2*1-3-5-4-2;4*1-3-2/h2*3-4H2,1-2H3;4*1-2H3. The van der Waals surface area contributed by atoms with Crippen LogP contribution in [0.4, 0.5) is 0 Å². The van der Waals surface area contributed by atoms with E-state index in [1.807, 2.05) is 73.6 Å². The van der Waals surface area contributed by atoms with Gasteiger partial charge in [0, 0.05) is 0 Å². The van der Waals surface area contributed by atoms with Crippen molar-refractivity contribution in [3.05, 3.63) is 0 Å².